The molecule has 1 saturated heterocycles. The van der Waals surface area contributed by atoms with Crippen molar-refractivity contribution in [3.8, 4) is 0 Å². The Morgan fingerprint density at radius 1 is 1.22 bits per heavy atom. The molecular formula is C15H30N2O. The molecule has 0 amide bonds. The van der Waals surface area contributed by atoms with E-state index in [9.17, 15) is 0 Å². The van der Waals surface area contributed by atoms with Crippen molar-refractivity contribution in [3.63, 3.8) is 0 Å². The fraction of sp³-hybridized carbons (Fsp3) is 1.00. The molecule has 18 heavy (non-hydrogen) atoms. The highest BCUT2D eigenvalue weighted by atomic mass is 16.5. The lowest BCUT2D eigenvalue weighted by atomic mass is 9.98. The smallest absolute Gasteiger partial charge is 0.0710 e. The van der Waals surface area contributed by atoms with E-state index >= 15 is 0 Å². The number of ether oxygens (including phenoxy) is 1. The van der Waals surface area contributed by atoms with Crippen LogP contribution in [0.25, 0.3) is 0 Å². The van der Waals surface area contributed by atoms with E-state index in [2.05, 4.69) is 11.8 Å². The van der Waals surface area contributed by atoms with Gasteiger partial charge in [-0.2, -0.15) is 0 Å². The first-order chi connectivity index (χ1) is 8.78. The number of hydrogen-bond donors (Lipinski definition) is 1. The molecule has 0 aromatic rings. The van der Waals surface area contributed by atoms with Crippen LogP contribution in [-0.2, 0) is 4.74 Å². The van der Waals surface area contributed by atoms with Crippen molar-refractivity contribution in [2.45, 2.75) is 70.0 Å². The Hall–Kier alpha value is -0.120. The quantitative estimate of drug-likeness (QED) is 0.759. The normalized spacial score (nSPS) is 26.5. The first kappa shape index (κ1) is 14.3. The van der Waals surface area contributed by atoms with Crippen LogP contribution in [0.2, 0.25) is 0 Å². The Morgan fingerprint density at radius 2 is 2.00 bits per heavy atom. The summed E-state index contributed by atoms with van der Waals surface area (Å²) in [7, 11) is 0. The van der Waals surface area contributed by atoms with E-state index in [1.807, 2.05) is 0 Å². The van der Waals surface area contributed by atoms with Gasteiger partial charge in [-0.25, -0.2) is 0 Å². The largest absolute Gasteiger partial charge is 0.370 e. The first-order valence-electron chi connectivity index (χ1n) is 7.88. The van der Waals surface area contributed by atoms with Gasteiger partial charge in [-0.3, -0.25) is 0 Å². The summed E-state index contributed by atoms with van der Waals surface area (Å²) in [6, 6.07) is 0. The monoisotopic (exact) mass is 254 g/mol. The van der Waals surface area contributed by atoms with E-state index in [0.717, 1.165) is 26.1 Å². The maximum Gasteiger partial charge on any atom is 0.0710 e. The molecule has 1 atom stereocenters. The molecule has 2 fully saturated rings. The van der Waals surface area contributed by atoms with Crippen molar-refractivity contribution >= 4 is 0 Å². The Balaban J connectivity index is 1.77. The highest BCUT2D eigenvalue weighted by Crippen LogP contribution is 2.43. The van der Waals surface area contributed by atoms with Crippen LogP contribution in [-0.4, -0.2) is 42.8 Å². The molecule has 1 heterocycles. The molecule has 0 radical (unpaired) electrons. The minimum absolute atomic E-state index is 0.288. The zero-order valence-electron chi connectivity index (χ0n) is 12.0. The van der Waals surface area contributed by atoms with E-state index < -0.39 is 0 Å². The number of nitrogens with zero attached hydrogens (tertiary/aromatic N) is 1. The van der Waals surface area contributed by atoms with Crippen molar-refractivity contribution in [2.75, 3.05) is 26.2 Å². The Morgan fingerprint density at radius 3 is 2.67 bits per heavy atom. The predicted octanol–water partition coefficient (Wildman–Crippen LogP) is 2.54. The standard InChI is InChI=1S/C15H30N2O/c1-2-11-17(12-5-10-16)13-14-6-9-15(18-14)7-3-4-8-15/h14H,2-13,16H2,1H3. The third-order valence-corrected chi connectivity index (χ3v) is 4.53. The van der Waals surface area contributed by atoms with E-state index in [0.29, 0.717) is 6.10 Å². The lowest BCUT2D eigenvalue weighted by Gasteiger charge is -2.28. The molecule has 0 aromatic carbocycles. The molecule has 1 spiro atoms. The molecule has 3 heteroatoms. The van der Waals surface area contributed by atoms with Crippen molar-refractivity contribution < 1.29 is 4.74 Å². The second kappa shape index (κ2) is 6.88. The van der Waals surface area contributed by atoms with Crippen LogP contribution in [0.15, 0.2) is 0 Å². The molecule has 3 nitrogen and oxygen atoms in total. The van der Waals surface area contributed by atoms with Crippen LogP contribution in [0.3, 0.4) is 0 Å². The van der Waals surface area contributed by atoms with Gasteiger partial charge in [0.1, 0.15) is 0 Å². The number of hydrogen-bond acceptors (Lipinski definition) is 3. The molecule has 2 N–H and O–H groups in total. The molecule has 1 aliphatic carbocycles. The maximum absolute atomic E-state index is 6.39. The van der Waals surface area contributed by atoms with Crippen molar-refractivity contribution in [2.24, 2.45) is 5.73 Å². The number of nitrogens with two attached hydrogens (primary N) is 1. The van der Waals surface area contributed by atoms with Gasteiger partial charge in [0, 0.05) is 6.54 Å². The molecule has 0 bridgehead atoms. The first-order valence-corrected chi connectivity index (χ1v) is 7.88. The van der Waals surface area contributed by atoms with E-state index in [1.54, 1.807) is 0 Å². The minimum atomic E-state index is 0.288. The predicted molar refractivity (Wildman–Crippen MR) is 75.7 cm³/mol. The van der Waals surface area contributed by atoms with Crippen LogP contribution in [0.5, 0.6) is 0 Å². The highest BCUT2D eigenvalue weighted by molar-refractivity contribution is 4.93. The molecule has 1 unspecified atom stereocenters. The summed E-state index contributed by atoms with van der Waals surface area (Å²) in [5.74, 6) is 0. The summed E-state index contributed by atoms with van der Waals surface area (Å²) < 4.78 is 6.39. The van der Waals surface area contributed by atoms with E-state index in [1.165, 1.54) is 51.5 Å². The topological polar surface area (TPSA) is 38.5 Å². The zero-order chi connectivity index (χ0) is 12.8. The maximum atomic E-state index is 6.39. The lowest BCUT2D eigenvalue weighted by Crippen LogP contribution is -2.36. The summed E-state index contributed by atoms with van der Waals surface area (Å²) >= 11 is 0. The SMILES string of the molecule is CCCN(CCCN)CC1CCC2(CCCC2)O1. The molecule has 2 rings (SSSR count). The van der Waals surface area contributed by atoms with Crippen LogP contribution >= 0.6 is 0 Å². The average Bonchev–Trinajstić information content (AvgIpc) is 2.98. The fourth-order valence-electron chi connectivity index (χ4n) is 3.62. The van der Waals surface area contributed by atoms with Gasteiger partial charge >= 0.3 is 0 Å². The summed E-state index contributed by atoms with van der Waals surface area (Å²) in [5.41, 5.74) is 5.91. The van der Waals surface area contributed by atoms with Gasteiger partial charge in [0.15, 0.2) is 0 Å². The molecule has 0 aromatic heterocycles. The van der Waals surface area contributed by atoms with Crippen molar-refractivity contribution in [1.82, 2.24) is 4.90 Å². The second-order valence-electron chi connectivity index (χ2n) is 6.11. The van der Waals surface area contributed by atoms with Gasteiger partial charge in [0.25, 0.3) is 0 Å². The molecule has 1 aliphatic heterocycles. The molecule has 1 saturated carbocycles. The second-order valence-corrected chi connectivity index (χ2v) is 6.11. The average molecular weight is 254 g/mol. The Kier molecular flexibility index (Phi) is 5.46. The number of rotatable bonds is 7. The van der Waals surface area contributed by atoms with Crippen molar-refractivity contribution in [3.05, 3.63) is 0 Å². The summed E-state index contributed by atoms with van der Waals surface area (Å²) in [6.45, 7) is 6.50. The highest BCUT2D eigenvalue weighted by Gasteiger charge is 2.42. The van der Waals surface area contributed by atoms with Crippen LogP contribution in [0.1, 0.15) is 58.3 Å². The van der Waals surface area contributed by atoms with Gasteiger partial charge in [-0.1, -0.05) is 19.8 Å². The lowest BCUT2D eigenvalue weighted by molar-refractivity contribution is -0.0472. The van der Waals surface area contributed by atoms with Crippen LogP contribution in [0.4, 0.5) is 0 Å². The van der Waals surface area contributed by atoms with Gasteiger partial charge in [-0.05, 0) is 58.2 Å². The van der Waals surface area contributed by atoms with E-state index in [4.69, 9.17) is 10.5 Å². The van der Waals surface area contributed by atoms with Gasteiger partial charge in [0.05, 0.1) is 11.7 Å². The van der Waals surface area contributed by atoms with Crippen LogP contribution < -0.4 is 5.73 Å². The summed E-state index contributed by atoms with van der Waals surface area (Å²) in [5, 5.41) is 0. The van der Waals surface area contributed by atoms with Gasteiger partial charge in [-0.15, -0.1) is 0 Å². The van der Waals surface area contributed by atoms with Crippen molar-refractivity contribution in [1.29, 1.82) is 0 Å². The molecular weight excluding hydrogens is 224 g/mol. The zero-order valence-corrected chi connectivity index (χ0v) is 12.0. The third kappa shape index (κ3) is 3.69. The van der Waals surface area contributed by atoms with Crippen LogP contribution in [0, 0.1) is 0 Å². The van der Waals surface area contributed by atoms with Gasteiger partial charge in [0.2, 0.25) is 0 Å². The summed E-state index contributed by atoms with van der Waals surface area (Å²) in [6.07, 6.45) is 10.7. The molecule has 2 aliphatic rings. The fourth-order valence-corrected chi connectivity index (χ4v) is 3.62. The summed E-state index contributed by atoms with van der Waals surface area (Å²) in [4.78, 5) is 2.55. The Labute approximate surface area is 112 Å². The minimum Gasteiger partial charge on any atom is -0.370 e. The third-order valence-electron chi connectivity index (χ3n) is 4.53. The van der Waals surface area contributed by atoms with E-state index in [-0.39, 0.29) is 5.60 Å². The molecule has 106 valence electrons. The Bertz CT molecular complexity index is 239. The van der Waals surface area contributed by atoms with Gasteiger partial charge < -0.3 is 15.4 Å².